The molecular weight excluding hydrogens is 212 g/mol. The molecular formula is C14H34N2O. The lowest BCUT2D eigenvalue weighted by atomic mass is 10.0. The maximum absolute atomic E-state index is 9.26. The monoisotopic (exact) mass is 246 g/mol. The summed E-state index contributed by atoms with van der Waals surface area (Å²) in [7, 11) is 0. The van der Waals surface area contributed by atoms with Crippen molar-refractivity contribution in [1.82, 2.24) is 6.15 Å². The molecule has 6 N–H and O–H groups in total. The molecule has 0 heterocycles. The fourth-order valence-electron chi connectivity index (χ4n) is 1.99. The Bertz CT molecular complexity index is 131. The summed E-state index contributed by atoms with van der Waals surface area (Å²) >= 11 is 0. The largest absolute Gasteiger partial charge is 0.392 e. The molecule has 0 aromatic carbocycles. The van der Waals surface area contributed by atoms with E-state index >= 15 is 0 Å². The van der Waals surface area contributed by atoms with Crippen LogP contribution in [0.1, 0.15) is 77.6 Å². The predicted molar refractivity (Wildman–Crippen MR) is 76.5 cm³/mol. The molecule has 17 heavy (non-hydrogen) atoms. The minimum absolute atomic E-state index is 0. The minimum atomic E-state index is -0.269. The molecule has 0 aliphatic rings. The molecule has 0 aliphatic carbocycles. The first-order valence-corrected chi connectivity index (χ1v) is 7.19. The summed E-state index contributed by atoms with van der Waals surface area (Å²) in [5.74, 6) is 0. The zero-order chi connectivity index (χ0) is 12.1. The number of rotatable bonds is 12. The van der Waals surface area contributed by atoms with Crippen LogP contribution in [0.5, 0.6) is 0 Å². The third kappa shape index (κ3) is 15.9. The predicted octanol–water partition coefficient (Wildman–Crippen LogP) is 3.78. The van der Waals surface area contributed by atoms with Gasteiger partial charge in [-0.3, -0.25) is 0 Å². The highest BCUT2D eigenvalue weighted by Gasteiger charge is 1.99. The van der Waals surface area contributed by atoms with Crippen LogP contribution in [0.4, 0.5) is 0 Å². The van der Waals surface area contributed by atoms with Gasteiger partial charge in [-0.25, -0.2) is 0 Å². The van der Waals surface area contributed by atoms with Gasteiger partial charge in [-0.2, -0.15) is 0 Å². The van der Waals surface area contributed by atoms with Gasteiger partial charge in [-0.15, -0.1) is 0 Å². The Morgan fingerprint density at radius 2 is 1.24 bits per heavy atom. The van der Waals surface area contributed by atoms with Crippen LogP contribution in [-0.2, 0) is 0 Å². The Morgan fingerprint density at radius 3 is 1.65 bits per heavy atom. The Hall–Kier alpha value is -0.120. The molecule has 3 nitrogen and oxygen atoms in total. The van der Waals surface area contributed by atoms with Gasteiger partial charge in [0, 0.05) is 6.54 Å². The normalized spacial score (nSPS) is 12.2. The molecule has 1 unspecified atom stereocenters. The highest BCUT2D eigenvalue weighted by molar-refractivity contribution is 4.55. The van der Waals surface area contributed by atoms with Gasteiger partial charge in [-0.05, 0) is 6.42 Å². The first-order valence-electron chi connectivity index (χ1n) is 7.19. The van der Waals surface area contributed by atoms with Gasteiger partial charge in [-0.1, -0.05) is 71.1 Å². The molecule has 0 rings (SSSR count). The van der Waals surface area contributed by atoms with Crippen LogP contribution < -0.4 is 11.9 Å². The molecule has 0 aromatic heterocycles. The smallest absolute Gasteiger partial charge is 0.0662 e. The van der Waals surface area contributed by atoms with Crippen molar-refractivity contribution >= 4 is 0 Å². The zero-order valence-electron chi connectivity index (χ0n) is 11.8. The van der Waals surface area contributed by atoms with Gasteiger partial charge in [0.2, 0.25) is 0 Å². The second-order valence-electron chi connectivity index (χ2n) is 4.86. The van der Waals surface area contributed by atoms with Crippen LogP contribution >= 0.6 is 0 Å². The van der Waals surface area contributed by atoms with E-state index in [1.165, 1.54) is 57.8 Å². The summed E-state index contributed by atoms with van der Waals surface area (Å²) in [6.45, 7) is 2.67. The van der Waals surface area contributed by atoms with E-state index in [9.17, 15) is 5.11 Å². The lowest BCUT2D eigenvalue weighted by molar-refractivity contribution is 0.168. The van der Waals surface area contributed by atoms with Crippen LogP contribution in [0.3, 0.4) is 0 Å². The lowest BCUT2D eigenvalue weighted by Crippen LogP contribution is -2.19. The summed E-state index contributed by atoms with van der Waals surface area (Å²) in [6, 6.07) is 0. The molecule has 0 spiro atoms. The van der Waals surface area contributed by atoms with Gasteiger partial charge < -0.3 is 17.0 Å². The fraction of sp³-hybridized carbons (Fsp3) is 1.00. The minimum Gasteiger partial charge on any atom is -0.392 e. The number of nitrogens with two attached hydrogens (primary N) is 1. The van der Waals surface area contributed by atoms with Crippen LogP contribution in [0.15, 0.2) is 0 Å². The van der Waals surface area contributed by atoms with Gasteiger partial charge in [0.05, 0.1) is 6.10 Å². The van der Waals surface area contributed by atoms with Crippen molar-refractivity contribution in [3.8, 4) is 0 Å². The molecule has 0 radical (unpaired) electrons. The first kappa shape index (κ1) is 19.2. The van der Waals surface area contributed by atoms with Crippen LogP contribution in [0.25, 0.3) is 0 Å². The molecule has 0 aliphatic heterocycles. The number of hydrogen-bond donors (Lipinski definition) is 3. The first-order chi connectivity index (χ1) is 7.81. The highest BCUT2D eigenvalue weighted by Crippen LogP contribution is 2.11. The van der Waals surface area contributed by atoms with Crippen molar-refractivity contribution in [3.63, 3.8) is 0 Å². The van der Waals surface area contributed by atoms with E-state index in [1.807, 2.05) is 0 Å². The van der Waals surface area contributed by atoms with E-state index in [-0.39, 0.29) is 12.3 Å². The molecule has 0 fully saturated rings. The number of aliphatic hydroxyl groups excluding tert-OH is 1. The zero-order valence-corrected chi connectivity index (χ0v) is 11.8. The van der Waals surface area contributed by atoms with Crippen molar-refractivity contribution in [3.05, 3.63) is 0 Å². The molecule has 1 atom stereocenters. The summed E-state index contributed by atoms with van der Waals surface area (Å²) < 4.78 is 0. The van der Waals surface area contributed by atoms with Gasteiger partial charge in [0.15, 0.2) is 0 Å². The average molecular weight is 246 g/mol. The van der Waals surface area contributed by atoms with Crippen molar-refractivity contribution in [2.24, 2.45) is 5.73 Å². The quantitative estimate of drug-likeness (QED) is 0.458. The highest BCUT2D eigenvalue weighted by atomic mass is 16.3. The second-order valence-corrected chi connectivity index (χ2v) is 4.86. The van der Waals surface area contributed by atoms with E-state index in [4.69, 9.17) is 5.73 Å². The Kier molecular flexibility index (Phi) is 18.0. The van der Waals surface area contributed by atoms with E-state index in [0.29, 0.717) is 6.54 Å². The fourth-order valence-corrected chi connectivity index (χ4v) is 1.99. The van der Waals surface area contributed by atoms with E-state index in [0.717, 1.165) is 12.8 Å². The molecule has 0 saturated carbocycles. The van der Waals surface area contributed by atoms with Crippen molar-refractivity contribution in [2.75, 3.05) is 6.54 Å². The van der Waals surface area contributed by atoms with E-state index < -0.39 is 0 Å². The Labute approximate surface area is 108 Å². The van der Waals surface area contributed by atoms with Crippen LogP contribution in [-0.4, -0.2) is 17.8 Å². The number of aliphatic hydroxyl groups is 1. The summed E-state index contributed by atoms with van der Waals surface area (Å²) in [6.07, 6.45) is 14.1. The molecule has 0 saturated heterocycles. The van der Waals surface area contributed by atoms with E-state index in [1.54, 1.807) is 0 Å². The van der Waals surface area contributed by atoms with Gasteiger partial charge >= 0.3 is 0 Å². The molecule has 0 bridgehead atoms. The molecule has 0 amide bonds. The van der Waals surface area contributed by atoms with Gasteiger partial charge in [0.1, 0.15) is 0 Å². The summed E-state index contributed by atoms with van der Waals surface area (Å²) in [4.78, 5) is 0. The summed E-state index contributed by atoms with van der Waals surface area (Å²) in [5.41, 5.74) is 5.34. The number of hydrogen-bond acceptors (Lipinski definition) is 3. The van der Waals surface area contributed by atoms with Crippen LogP contribution in [0, 0.1) is 0 Å². The Balaban J connectivity index is 0. The number of unbranched alkanes of at least 4 members (excludes halogenated alkanes) is 9. The topological polar surface area (TPSA) is 81.2 Å². The third-order valence-corrected chi connectivity index (χ3v) is 3.16. The van der Waals surface area contributed by atoms with Crippen LogP contribution in [0.2, 0.25) is 0 Å². The van der Waals surface area contributed by atoms with Gasteiger partial charge in [0.25, 0.3) is 0 Å². The molecule has 3 heteroatoms. The molecule has 0 aromatic rings. The van der Waals surface area contributed by atoms with E-state index in [2.05, 4.69) is 6.92 Å². The standard InChI is InChI=1S/C14H31NO.H3N/c1-2-3-4-5-6-7-8-9-10-11-12-14(16)13-15;/h14,16H,2-13,15H2,1H3;1H3. The second kappa shape index (κ2) is 15.9. The maximum atomic E-state index is 9.26. The van der Waals surface area contributed by atoms with Crippen molar-refractivity contribution in [1.29, 1.82) is 0 Å². The lowest BCUT2D eigenvalue weighted by Gasteiger charge is -2.06. The Morgan fingerprint density at radius 1 is 0.824 bits per heavy atom. The summed E-state index contributed by atoms with van der Waals surface area (Å²) in [5, 5.41) is 9.26. The maximum Gasteiger partial charge on any atom is 0.0662 e. The third-order valence-electron chi connectivity index (χ3n) is 3.16. The van der Waals surface area contributed by atoms with Crippen molar-refractivity contribution in [2.45, 2.75) is 83.7 Å². The SMILES string of the molecule is CCCCCCCCCCCCC(O)CN.N. The molecule has 106 valence electrons. The van der Waals surface area contributed by atoms with Crippen molar-refractivity contribution < 1.29 is 5.11 Å². The average Bonchev–Trinajstić information content (AvgIpc) is 2.31.